The van der Waals surface area contributed by atoms with Crippen molar-refractivity contribution >= 4 is 18.0 Å². The molecule has 7 heteroatoms. The van der Waals surface area contributed by atoms with Gasteiger partial charge in [-0.25, -0.2) is 9.59 Å². The van der Waals surface area contributed by atoms with Gasteiger partial charge >= 0.3 is 12.1 Å². The second-order valence-electron chi connectivity index (χ2n) is 10.3. The first kappa shape index (κ1) is 24.8. The lowest BCUT2D eigenvalue weighted by atomic mass is 9.77. The number of ether oxygens (including phenoxy) is 1. The zero-order chi connectivity index (χ0) is 25.2. The number of hydrogen-bond acceptors (Lipinski definition) is 4. The molecule has 0 radical (unpaired) electrons. The Morgan fingerprint density at radius 1 is 1.00 bits per heavy atom. The fourth-order valence-corrected chi connectivity index (χ4v) is 5.26. The minimum Gasteiger partial charge on any atom is -0.480 e. The van der Waals surface area contributed by atoms with E-state index in [1.54, 1.807) is 0 Å². The molecule has 2 aromatic carbocycles. The number of nitrogens with one attached hydrogen (secondary N) is 2. The van der Waals surface area contributed by atoms with E-state index in [2.05, 4.69) is 29.7 Å². The molecule has 35 heavy (non-hydrogen) atoms. The Balaban J connectivity index is 1.42. The summed E-state index contributed by atoms with van der Waals surface area (Å²) in [6.45, 7) is 5.85. The first-order chi connectivity index (χ1) is 16.7. The predicted molar refractivity (Wildman–Crippen MR) is 133 cm³/mol. The molecule has 2 aliphatic carbocycles. The number of fused-ring (bicyclic) bond motifs is 3. The van der Waals surface area contributed by atoms with Crippen LogP contribution in [0.1, 0.15) is 63.5 Å². The van der Waals surface area contributed by atoms with E-state index in [0.29, 0.717) is 18.8 Å². The van der Waals surface area contributed by atoms with Crippen LogP contribution in [-0.2, 0) is 14.3 Å². The number of hydrogen-bond donors (Lipinski definition) is 3. The number of amides is 2. The van der Waals surface area contributed by atoms with Crippen LogP contribution in [0.5, 0.6) is 0 Å². The monoisotopic (exact) mass is 478 g/mol. The molecule has 186 valence electrons. The number of carbonyl (C=O) groups excluding carboxylic acids is 2. The summed E-state index contributed by atoms with van der Waals surface area (Å²) in [6, 6.07) is 15.3. The van der Waals surface area contributed by atoms with E-state index in [1.807, 2.05) is 50.2 Å². The highest BCUT2D eigenvalue weighted by Crippen LogP contribution is 2.44. The highest BCUT2D eigenvalue weighted by atomic mass is 16.5. The van der Waals surface area contributed by atoms with Crippen molar-refractivity contribution in [1.29, 1.82) is 0 Å². The van der Waals surface area contributed by atoms with Crippen molar-refractivity contribution in [2.24, 2.45) is 11.8 Å². The highest BCUT2D eigenvalue weighted by Gasteiger charge is 2.44. The molecule has 1 fully saturated rings. The van der Waals surface area contributed by atoms with Gasteiger partial charge < -0.3 is 20.5 Å². The normalized spacial score (nSPS) is 22.1. The number of alkyl carbamates (subject to hydrolysis) is 1. The van der Waals surface area contributed by atoms with Crippen LogP contribution in [0.25, 0.3) is 11.1 Å². The lowest BCUT2D eigenvalue weighted by Gasteiger charge is -2.37. The van der Waals surface area contributed by atoms with Gasteiger partial charge in [0, 0.05) is 5.92 Å². The maximum Gasteiger partial charge on any atom is 0.407 e. The van der Waals surface area contributed by atoms with Gasteiger partial charge in [-0.3, -0.25) is 4.79 Å². The third-order valence-electron chi connectivity index (χ3n) is 7.47. The molecule has 0 heterocycles. The van der Waals surface area contributed by atoms with Crippen LogP contribution in [0.2, 0.25) is 0 Å². The van der Waals surface area contributed by atoms with Crippen molar-refractivity contribution in [3.63, 3.8) is 0 Å². The van der Waals surface area contributed by atoms with Crippen molar-refractivity contribution in [1.82, 2.24) is 10.6 Å². The standard InChI is InChI=1S/C28H34N2O5/c1-17(2)24(25(31)30-28(26(32)33)14-12-18(3)13-15-28)29-27(34)35-16-23-21-10-6-4-8-19(21)20-9-5-7-11-22(20)23/h4-11,17-18,23-24H,12-16H2,1-3H3,(H,29,34)(H,30,31)(H,32,33). The third kappa shape index (κ3) is 5.04. The number of carboxylic acids is 1. The largest absolute Gasteiger partial charge is 0.480 e. The van der Waals surface area contributed by atoms with Crippen LogP contribution in [-0.4, -0.2) is 41.3 Å². The van der Waals surface area contributed by atoms with Crippen LogP contribution in [0.15, 0.2) is 48.5 Å². The molecular formula is C28H34N2O5. The Labute approximate surface area is 206 Å². The van der Waals surface area contributed by atoms with Gasteiger partial charge in [-0.15, -0.1) is 0 Å². The molecule has 1 saturated carbocycles. The van der Waals surface area contributed by atoms with Gasteiger partial charge in [0.05, 0.1) is 0 Å². The second-order valence-corrected chi connectivity index (χ2v) is 10.3. The fourth-order valence-electron chi connectivity index (χ4n) is 5.26. The van der Waals surface area contributed by atoms with E-state index in [-0.39, 0.29) is 18.4 Å². The molecule has 2 aromatic rings. The van der Waals surface area contributed by atoms with Gasteiger partial charge in [-0.05, 0) is 59.8 Å². The summed E-state index contributed by atoms with van der Waals surface area (Å²) in [5.41, 5.74) is 3.19. The zero-order valence-corrected chi connectivity index (χ0v) is 20.5. The smallest absolute Gasteiger partial charge is 0.407 e. The van der Waals surface area contributed by atoms with E-state index in [0.717, 1.165) is 35.1 Å². The van der Waals surface area contributed by atoms with Crippen molar-refractivity contribution in [3.8, 4) is 11.1 Å². The summed E-state index contributed by atoms with van der Waals surface area (Å²) >= 11 is 0. The minimum atomic E-state index is -1.29. The van der Waals surface area contributed by atoms with Crippen LogP contribution >= 0.6 is 0 Å². The molecule has 1 unspecified atom stereocenters. The zero-order valence-electron chi connectivity index (χ0n) is 20.5. The summed E-state index contributed by atoms with van der Waals surface area (Å²) in [5, 5.41) is 15.3. The number of carbonyl (C=O) groups is 3. The predicted octanol–water partition coefficient (Wildman–Crippen LogP) is 4.70. The van der Waals surface area contributed by atoms with Crippen LogP contribution < -0.4 is 10.6 Å². The molecule has 7 nitrogen and oxygen atoms in total. The Kier molecular flexibility index (Phi) is 7.15. The molecule has 2 amide bonds. The lowest BCUT2D eigenvalue weighted by Crippen LogP contribution is -2.61. The van der Waals surface area contributed by atoms with Crippen molar-refractivity contribution in [2.75, 3.05) is 6.61 Å². The Morgan fingerprint density at radius 3 is 2.06 bits per heavy atom. The van der Waals surface area contributed by atoms with Crippen LogP contribution in [0.3, 0.4) is 0 Å². The van der Waals surface area contributed by atoms with Gasteiger partial charge in [0.25, 0.3) is 0 Å². The number of carboxylic acid groups (broad SMARTS) is 1. The molecule has 0 spiro atoms. The molecule has 3 N–H and O–H groups in total. The highest BCUT2D eigenvalue weighted by molar-refractivity contribution is 5.91. The molecular weight excluding hydrogens is 444 g/mol. The van der Waals surface area contributed by atoms with Gasteiger partial charge in [0.1, 0.15) is 18.2 Å². The Hall–Kier alpha value is -3.35. The van der Waals surface area contributed by atoms with Gasteiger partial charge in [-0.2, -0.15) is 0 Å². The third-order valence-corrected chi connectivity index (χ3v) is 7.47. The molecule has 4 rings (SSSR count). The van der Waals surface area contributed by atoms with E-state index < -0.39 is 29.6 Å². The Morgan fingerprint density at radius 2 is 1.54 bits per heavy atom. The van der Waals surface area contributed by atoms with Crippen molar-refractivity contribution < 1.29 is 24.2 Å². The van der Waals surface area contributed by atoms with Crippen molar-refractivity contribution in [3.05, 3.63) is 59.7 Å². The summed E-state index contributed by atoms with van der Waals surface area (Å²) < 4.78 is 5.60. The minimum absolute atomic E-state index is 0.0843. The summed E-state index contributed by atoms with van der Waals surface area (Å²) in [4.78, 5) is 37.9. The molecule has 1 atom stereocenters. The molecule has 0 bridgehead atoms. The second kappa shape index (κ2) is 10.1. The topological polar surface area (TPSA) is 105 Å². The van der Waals surface area contributed by atoms with E-state index in [4.69, 9.17) is 4.74 Å². The summed E-state index contributed by atoms with van der Waals surface area (Å²) in [7, 11) is 0. The maximum atomic E-state index is 13.1. The molecule has 2 aliphatic rings. The van der Waals surface area contributed by atoms with Gasteiger partial charge in [-0.1, -0.05) is 69.3 Å². The number of rotatable bonds is 7. The first-order valence-corrected chi connectivity index (χ1v) is 12.4. The van der Waals surface area contributed by atoms with Gasteiger partial charge in [0.2, 0.25) is 5.91 Å². The summed E-state index contributed by atoms with van der Waals surface area (Å²) in [5.74, 6) is -1.42. The lowest BCUT2D eigenvalue weighted by molar-refractivity contribution is -0.150. The van der Waals surface area contributed by atoms with E-state index in [9.17, 15) is 19.5 Å². The maximum absolute atomic E-state index is 13.1. The average molecular weight is 479 g/mol. The fraction of sp³-hybridized carbons (Fsp3) is 0.464. The van der Waals surface area contributed by atoms with E-state index >= 15 is 0 Å². The average Bonchev–Trinajstić information content (AvgIpc) is 3.16. The number of aliphatic carboxylic acids is 1. The van der Waals surface area contributed by atoms with Crippen molar-refractivity contribution in [2.45, 2.75) is 64.0 Å². The Bertz CT molecular complexity index is 1060. The van der Waals surface area contributed by atoms with Gasteiger partial charge in [0.15, 0.2) is 0 Å². The number of benzene rings is 2. The molecule has 0 aromatic heterocycles. The first-order valence-electron chi connectivity index (χ1n) is 12.4. The SMILES string of the molecule is CC1CCC(NC(=O)C(NC(=O)OCC2c3ccccc3-c3ccccc32)C(C)C)(C(=O)O)CC1. The van der Waals surface area contributed by atoms with Crippen LogP contribution in [0, 0.1) is 11.8 Å². The summed E-state index contributed by atoms with van der Waals surface area (Å²) in [6.07, 6.45) is 1.54. The molecule has 0 aliphatic heterocycles. The van der Waals surface area contributed by atoms with E-state index in [1.165, 1.54) is 0 Å². The molecule has 0 saturated heterocycles. The quantitative estimate of drug-likeness (QED) is 0.535. The van der Waals surface area contributed by atoms with Crippen LogP contribution in [0.4, 0.5) is 4.79 Å².